The van der Waals surface area contributed by atoms with E-state index in [0.717, 1.165) is 12.8 Å². The molecule has 0 spiro atoms. The predicted octanol–water partition coefficient (Wildman–Crippen LogP) is 1.06. The van der Waals surface area contributed by atoms with Crippen molar-refractivity contribution in [3.05, 3.63) is 0 Å². The highest BCUT2D eigenvalue weighted by Crippen LogP contribution is 2.48. The lowest BCUT2D eigenvalue weighted by molar-refractivity contribution is -0.0850. The van der Waals surface area contributed by atoms with Crippen LogP contribution in [0, 0.1) is 17.3 Å². The van der Waals surface area contributed by atoms with Crippen LogP contribution >= 0.6 is 0 Å². The number of hydrogen-bond donors (Lipinski definition) is 4. The summed E-state index contributed by atoms with van der Waals surface area (Å²) in [5.74, 6) is 0.747. The zero-order chi connectivity index (χ0) is 14.2. The molecule has 2 rings (SSSR count). The normalized spacial score (nSPS) is 45.2. The van der Waals surface area contributed by atoms with E-state index in [-0.39, 0.29) is 5.41 Å². The SMILES string of the molecule is CC(C)(C1CCC(O)C(O)C1)C1CCC(O)C(O)C1. The third kappa shape index (κ3) is 3.13. The van der Waals surface area contributed by atoms with Gasteiger partial charge in [-0.3, -0.25) is 0 Å². The highest BCUT2D eigenvalue weighted by atomic mass is 16.3. The molecule has 0 aromatic rings. The molecule has 19 heavy (non-hydrogen) atoms. The van der Waals surface area contributed by atoms with Gasteiger partial charge in [0, 0.05) is 0 Å². The molecule has 4 nitrogen and oxygen atoms in total. The summed E-state index contributed by atoms with van der Waals surface area (Å²) < 4.78 is 0. The quantitative estimate of drug-likeness (QED) is 0.606. The second-order valence-corrected chi connectivity index (χ2v) is 7.11. The highest BCUT2D eigenvalue weighted by Gasteiger charge is 2.44. The van der Waals surface area contributed by atoms with Crippen LogP contribution in [0.15, 0.2) is 0 Å². The van der Waals surface area contributed by atoms with Gasteiger partial charge < -0.3 is 20.4 Å². The van der Waals surface area contributed by atoms with Crippen LogP contribution in [0.3, 0.4) is 0 Å². The minimum atomic E-state index is -0.614. The molecule has 4 N–H and O–H groups in total. The Morgan fingerprint density at radius 2 is 1.00 bits per heavy atom. The van der Waals surface area contributed by atoms with Crippen LogP contribution in [0.25, 0.3) is 0 Å². The number of rotatable bonds is 2. The van der Waals surface area contributed by atoms with Gasteiger partial charge in [-0.1, -0.05) is 13.8 Å². The third-order valence-electron chi connectivity index (χ3n) is 5.67. The number of aliphatic hydroxyl groups is 4. The van der Waals surface area contributed by atoms with E-state index in [2.05, 4.69) is 13.8 Å². The fraction of sp³-hybridized carbons (Fsp3) is 1.00. The Labute approximate surface area is 115 Å². The molecule has 0 aromatic heterocycles. The van der Waals surface area contributed by atoms with E-state index in [0.29, 0.717) is 37.5 Å². The Morgan fingerprint density at radius 1 is 0.632 bits per heavy atom. The van der Waals surface area contributed by atoms with E-state index in [1.807, 2.05) is 0 Å². The Bertz CT molecular complexity index is 277. The molecule has 0 bridgehead atoms. The van der Waals surface area contributed by atoms with Crippen LogP contribution < -0.4 is 0 Å². The molecule has 0 amide bonds. The first kappa shape index (κ1) is 15.2. The summed E-state index contributed by atoms with van der Waals surface area (Å²) in [5.41, 5.74) is 0.0300. The van der Waals surface area contributed by atoms with Crippen LogP contribution in [-0.2, 0) is 0 Å². The van der Waals surface area contributed by atoms with Gasteiger partial charge in [0.1, 0.15) is 0 Å². The van der Waals surface area contributed by atoms with Gasteiger partial charge in [0.25, 0.3) is 0 Å². The molecule has 2 fully saturated rings. The molecular formula is C15H28O4. The van der Waals surface area contributed by atoms with Gasteiger partial charge in [0.05, 0.1) is 24.4 Å². The van der Waals surface area contributed by atoms with Crippen molar-refractivity contribution in [3.8, 4) is 0 Å². The molecule has 0 saturated heterocycles. The molecule has 4 heteroatoms. The van der Waals surface area contributed by atoms with Gasteiger partial charge >= 0.3 is 0 Å². The van der Waals surface area contributed by atoms with Gasteiger partial charge in [0.15, 0.2) is 0 Å². The second kappa shape index (κ2) is 5.68. The van der Waals surface area contributed by atoms with Gasteiger partial charge in [-0.05, 0) is 55.8 Å². The Hall–Kier alpha value is -0.160. The van der Waals surface area contributed by atoms with Crippen molar-refractivity contribution in [3.63, 3.8) is 0 Å². The molecule has 2 aliphatic carbocycles. The molecule has 6 atom stereocenters. The van der Waals surface area contributed by atoms with Crippen molar-refractivity contribution >= 4 is 0 Å². The van der Waals surface area contributed by atoms with Crippen molar-refractivity contribution in [1.82, 2.24) is 0 Å². The van der Waals surface area contributed by atoms with E-state index < -0.39 is 24.4 Å². The second-order valence-electron chi connectivity index (χ2n) is 7.11. The average Bonchev–Trinajstić information content (AvgIpc) is 2.35. The highest BCUT2D eigenvalue weighted by molar-refractivity contribution is 4.94. The van der Waals surface area contributed by atoms with Crippen molar-refractivity contribution in [2.75, 3.05) is 0 Å². The Morgan fingerprint density at radius 3 is 1.32 bits per heavy atom. The average molecular weight is 272 g/mol. The topological polar surface area (TPSA) is 80.9 Å². The monoisotopic (exact) mass is 272 g/mol. The fourth-order valence-corrected chi connectivity index (χ4v) is 3.95. The maximum Gasteiger partial charge on any atom is 0.0802 e. The van der Waals surface area contributed by atoms with E-state index in [4.69, 9.17) is 0 Å². The first-order valence-electron chi connectivity index (χ1n) is 7.54. The number of aliphatic hydroxyl groups excluding tert-OH is 4. The molecule has 0 radical (unpaired) electrons. The van der Waals surface area contributed by atoms with E-state index >= 15 is 0 Å². The summed E-state index contributed by atoms with van der Waals surface area (Å²) in [7, 11) is 0. The Kier molecular flexibility index (Phi) is 4.56. The van der Waals surface area contributed by atoms with Crippen molar-refractivity contribution in [1.29, 1.82) is 0 Å². The van der Waals surface area contributed by atoms with Gasteiger partial charge in [-0.2, -0.15) is 0 Å². The van der Waals surface area contributed by atoms with Crippen molar-refractivity contribution in [2.45, 2.75) is 76.8 Å². The maximum absolute atomic E-state index is 9.86. The molecule has 0 aromatic carbocycles. The van der Waals surface area contributed by atoms with Crippen LogP contribution in [-0.4, -0.2) is 44.8 Å². The summed E-state index contributed by atoms with van der Waals surface area (Å²) in [6, 6.07) is 0. The summed E-state index contributed by atoms with van der Waals surface area (Å²) in [6.45, 7) is 4.41. The molecule has 6 unspecified atom stereocenters. The van der Waals surface area contributed by atoms with Crippen LogP contribution in [0.5, 0.6) is 0 Å². The molecule has 2 saturated carbocycles. The lowest BCUT2D eigenvalue weighted by atomic mass is 9.60. The largest absolute Gasteiger partial charge is 0.390 e. The first-order chi connectivity index (χ1) is 8.82. The summed E-state index contributed by atoms with van der Waals surface area (Å²) in [5, 5.41) is 39.0. The minimum Gasteiger partial charge on any atom is -0.390 e. The van der Waals surface area contributed by atoms with Crippen molar-refractivity contribution in [2.24, 2.45) is 17.3 Å². The fourth-order valence-electron chi connectivity index (χ4n) is 3.95. The van der Waals surface area contributed by atoms with Gasteiger partial charge in [-0.15, -0.1) is 0 Å². The molecule has 0 heterocycles. The van der Waals surface area contributed by atoms with E-state index in [9.17, 15) is 20.4 Å². The maximum atomic E-state index is 9.86. The molecule has 2 aliphatic rings. The molecule has 0 aliphatic heterocycles. The standard InChI is InChI=1S/C15H28O4/c1-15(2,9-3-5-11(16)13(18)7-9)10-4-6-12(17)14(19)8-10/h9-14,16-19H,3-8H2,1-2H3. The van der Waals surface area contributed by atoms with E-state index in [1.165, 1.54) is 0 Å². The summed E-state index contributed by atoms with van der Waals surface area (Å²) in [6.07, 6.45) is 2.08. The molecule has 112 valence electrons. The summed E-state index contributed by atoms with van der Waals surface area (Å²) in [4.78, 5) is 0. The lowest BCUT2D eigenvalue weighted by Gasteiger charge is -2.47. The van der Waals surface area contributed by atoms with Gasteiger partial charge in [0.2, 0.25) is 0 Å². The molecular weight excluding hydrogens is 244 g/mol. The first-order valence-corrected chi connectivity index (χ1v) is 7.54. The zero-order valence-electron chi connectivity index (χ0n) is 12.0. The summed E-state index contributed by atoms with van der Waals surface area (Å²) >= 11 is 0. The van der Waals surface area contributed by atoms with Crippen LogP contribution in [0.4, 0.5) is 0 Å². The minimum absolute atomic E-state index is 0.0300. The predicted molar refractivity (Wildman–Crippen MR) is 72.5 cm³/mol. The smallest absolute Gasteiger partial charge is 0.0802 e. The third-order valence-corrected chi connectivity index (χ3v) is 5.67. The van der Waals surface area contributed by atoms with Crippen molar-refractivity contribution < 1.29 is 20.4 Å². The lowest BCUT2D eigenvalue weighted by Crippen LogP contribution is -2.45. The zero-order valence-corrected chi connectivity index (χ0v) is 12.0. The van der Waals surface area contributed by atoms with Crippen LogP contribution in [0.1, 0.15) is 52.4 Å². The Balaban J connectivity index is 2.01. The van der Waals surface area contributed by atoms with Gasteiger partial charge in [-0.25, -0.2) is 0 Å². The number of hydrogen-bond acceptors (Lipinski definition) is 4. The van der Waals surface area contributed by atoms with Crippen LogP contribution in [0.2, 0.25) is 0 Å². The van der Waals surface area contributed by atoms with E-state index in [1.54, 1.807) is 0 Å².